The van der Waals surface area contributed by atoms with Crippen LogP contribution in [0.5, 0.6) is 11.5 Å². The topological polar surface area (TPSA) is 84.0 Å². The van der Waals surface area contributed by atoms with Crippen molar-refractivity contribution in [1.82, 2.24) is 16.3 Å². The molecule has 1 aliphatic heterocycles. The lowest BCUT2D eigenvalue weighted by Gasteiger charge is -2.10. The van der Waals surface area contributed by atoms with E-state index < -0.39 is 0 Å². The fourth-order valence-corrected chi connectivity index (χ4v) is 3.00. The zero-order chi connectivity index (χ0) is 19.2. The summed E-state index contributed by atoms with van der Waals surface area (Å²) in [5, 5.41) is 4.05. The average molecular weight is 368 g/mol. The van der Waals surface area contributed by atoms with Gasteiger partial charge in [-0.15, -0.1) is 0 Å². The van der Waals surface area contributed by atoms with Crippen molar-refractivity contribution in [2.75, 3.05) is 14.2 Å². The van der Waals surface area contributed by atoms with Gasteiger partial charge in [0.2, 0.25) is 0 Å². The normalized spacial score (nSPS) is 19.2. The largest absolute Gasteiger partial charge is 0.493 e. The molecular weight excluding hydrogens is 344 g/mol. The van der Waals surface area contributed by atoms with Gasteiger partial charge < -0.3 is 9.47 Å². The Hall–Kier alpha value is -2.90. The fourth-order valence-electron chi connectivity index (χ4n) is 3.00. The van der Waals surface area contributed by atoms with E-state index in [2.05, 4.69) is 52.6 Å². The second-order valence-electron chi connectivity index (χ2n) is 6.36. The number of nitrogens with zero attached hydrogens (tertiary/aromatic N) is 1. The zero-order valence-corrected chi connectivity index (χ0v) is 15.7. The molecule has 1 fully saturated rings. The molecule has 2 atom stereocenters. The predicted molar refractivity (Wildman–Crippen MR) is 104 cm³/mol. The molecule has 1 saturated heterocycles. The summed E-state index contributed by atoms with van der Waals surface area (Å²) in [5.74, 6) is 0.976. The van der Waals surface area contributed by atoms with Crippen LogP contribution in [-0.2, 0) is 4.79 Å². The van der Waals surface area contributed by atoms with Crippen LogP contribution in [-0.4, -0.2) is 32.4 Å². The van der Waals surface area contributed by atoms with E-state index in [4.69, 9.17) is 9.47 Å². The van der Waals surface area contributed by atoms with Crippen LogP contribution in [0, 0.1) is 6.92 Å². The number of carbonyl (C=O) groups excluding carboxylic acids is 1. The van der Waals surface area contributed by atoms with E-state index in [1.807, 2.05) is 12.1 Å². The first-order valence-electron chi connectivity index (χ1n) is 8.74. The molecule has 2 aromatic carbocycles. The van der Waals surface area contributed by atoms with Gasteiger partial charge >= 0.3 is 0 Å². The molecule has 0 bridgehead atoms. The predicted octanol–water partition coefficient (Wildman–Crippen LogP) is 2.07. The van der Waals surface area contributed by atoms with E-state index >= 15 is 0 Å². The van der Waals surface area contributed by atoms with Gasteiger partial charge in [0.1, 0.15) is 6.04 Å². The Morgan fingerprint density at radius 2 is 1.93 bits per heavy atom. The zero-order valence-electron chi connectivity index (χ0n) is 15.7. The van der Waals surface area contributed by atoms with Gasteiger partial charge in [-0.25, -0.2) is 16.3 Å². The van der Waals surface area contributed by atoms with Gasteiger partial charge in [0.05, 0.1) is 20.4 Å². The van der Waals surface area contributed by atoms with Crippen molar-refractivity contribution in [3.05, 3.63) is 59.2 Å². The molecule has 7 nitrogen and oxygen atoms in total. The molecule has 27 heavy (non-hydrogen) atoms. The van der Waals surface area contributed by atoms with Crippen LogP contribution in [0.2, 0.25) is 0 Å². The van der Waals surface area contributed by atoms with E-state index in [0.29, 0.717) is 23.5 Å². The molecule has 7 heteroatoms. The molecular formula is C20H24N4O3. The number of methoxy groups -OCH3 is 2. The summed E-state index contributed by atoms with van der Waals surface area (Å²) in [6.45, 7) is 2.05. The maximum atomic E-state index is 12.4. The Morgan fingerprint density at radius 1 is 1.15 bits per heavy atom. The molecule has 0 spiro atoms. The number of hydrazine groups is 1. The van der Waals surface area contributed by atoms with Crippen LogP contribution in [0.3, 0.4) is 0 Å². The van der Waals surface area contributed by atoms with Gasteiger partial charge in [0.25, 0.3) is 5.91 Å². The van der Waals surface area contributed by atoms with Crippen molar-refractivity contribution < 1.29 is 14.3 Å². The number of hydrazone groups is 1. The van der Waals surface area contributed by atoms with Crippen molar-refractivity contribution in [3.63, 3.8) is 0 Å². The number of hydrogen-bond donors (Lipinski definition) is 3. The molecule has 2 aromatic rings. The molecule has 0 radical (unpaired) electrons. The SMILES string of the molecule is COc1cccc(/C=N/NC(=O)C2CC(c3ccc(C)cc3)NN2)c1OC. The minimum absolute atomic E-state index is 0.0869. The second-order valence-corrected chi connectivity index (χ2v) is 6.36. The summed E-state index contributed by atoms with van der Waals surface area (Å²) in [6.07, 6.45) is 2.19. The number of ether oxygens (including phenoxy) is 2. The Morgan fingerprint density at radius 3 is 2.63 bits per heavy atom. The third-order valence-electron chi connectivity index (χ3n) is 4.51. The minimum atomic E-state index is -0.361. The van der Waals surface area contributed by atoms with Crippen molar-refractivity contribution in [1.29, 1.82) is 0 Å². The van der Waals surface area contributed by atoms with Crippen LogP contribution in [0.4, 0.5) is 0 Å². The monoisotopic (exact) mass is 368 g/mol. The quantitative estimate of drug-likeness (QED) is 0.537. The number of carbonyl (C=O) groups is 1. The number of para-hydroxylation sites is 1. The standard InChI is InChI=1S/C20H24N4O3/c1-13-7-9-14(10-8-13)16-11-17(23-22-16)20(25)24-21-12-15-5-4-6-18(26-2)19(15)27-3/h4-10,12,16-17,22-23H,11H2,1-3H3,(H,24,25)/b21-12+. The number of aryl methyl sites for hydroxylation is 1. The number of hydrogen-bond acceptors (Lipinski definition) is 6. The highest BCUT2D eigenvalue weighted by atomic mass is 16.5. The van der Waals surface area contributed by atoms with E-state index in [0.717, 1.165) is 5.56 Å². The highest BCUT2D eigenvalue weighted by molar-refractivity contribution is 5.87. The summed E-state index contributed by atoms with van der Waals surface area (Å²) >= 11 is 0. The molecule has 3 N–H and O–H groups in total. The Bertz CT molecular complexity index is 820. The average Bonchev–Trinajstić information content (AvgIpc) is 3.18. The second kappa shape index (κ2) is 8.66. The van der Waals surface area contributed by atoms with Crippen LogP contribution in [0.25, 0.3) is 0 Å². The first kappa shape index (κ1) is 18.9. The van der Waals surface area contributed by atoms with Crippen molar-refractivity contribution in [2.45, 2.75) is 25.4 Å². The number of nitrogens with one attached hydrogen (secondary N) is 3. The van der Waals surface area contributed by atoms with E-state index in [-0.39, 0.29) is 18.0 Å². The summed E-state index contributed by atoms with van der Waals surface area (Å²) in [4.78, 5) is 12.4. The lowest BCUT2D eigenvalue weighted by molar-refractivity contribution is -0.122. The van der Waals surface area contributed by atoms with E-state index in [9.17, 15) is 4.79 Å². The lowest BCUT2D eigenvalue weighted by Crippen LogP contribution is -2.41. The van der Waals surface area contributed by atoms with Crippen molar-refractivity contribution in [3.8, 4) is 11.5 Å². The van der Waals surface area contributed by atoms with Gasteiger partial charge in [-0.1, -0.05) is 35.9 Å². The minimum Gasteiger partial charge on any atom is -0.493 e. The number of rotatable bonds is 6. The molecule has 1 aliphatic rings. The smallest absolute Gasteiger partial charge is 0.258 e. The van der Waals surface area contributed by atoms with Gasteiger partial charge in [-0.05, 0) is 31.0 Å². The van der Waals surface area contributed by atoms with Crippen LogP contribution in [0.1, 0.15) is 29.2 Å². The molecule has 0 aromatic heterocycles. The van der Waals surface area contributed by atoms with Gasteiger partial charge in [0, 0.05) is 11.6 Å². The molecule has 1 amide bonds. The first-order valence-corrected chi connectivity index (χ1v) is 8.74. The van der Waals surface area contributed by atoms with Crippen molar-refractivity contribution >= 4 is 12.1 Å². The lowest BCUT2D eigenvalue weighted by atomic mass is 10.0. The summed E-state index contributed by atoms with van der Waals surface area (Å²) in [7, 11) is 3.14. The molecule has 0 aliphatic carbocycles. The van der Waals surface area contributed by atoms with E-state index in [1.165, 1.54) is 5.56 Å². The number of benzene rings is 2. The molecule has 0 saturated carbocycles. The summed E-state index contributed by atoms with van der Waals surface area (Å²) in [5.41, 5.74) is 11.8. The summed E-state index contributed by atoms with van der Waals surface area (Å²) in [6, 6.07) is 13.5. The molecule has 2 unspecified atom stereocenters. The van der Waals surface area contributed by atoms with Gasteiger partial charge in [-0.3, -0.25) is 4.79 Å². The molecule has 1 heterocycles. The molecule has 3 rings (SSSR count). The highest BCUT2D eigenvalue weighted by Crippen LogP contribution is 2.29. The van der Waals surface area contributed by atoms with Crippen molar-refractivity contribution in [2.24, 2.45) is 5.10 Å². The first-order chi connectivity index (χ1) is 13.1. The molecule has 142 valence electrons. The Kier molecular flexibility index (Phi) is 6.05. The summed E-state index contributed by atoms with van der Waals surface area (Å²) < 4.78 is 10.6. The van der Waals surface area contributed by atoms with Gasteiger partial charge in [0.15, 0.2) is 11.5 Å². The van der Waals surface area contributed by atoms with Crippen LogP contribution >= 0.6 is 0 Å². The fraction of sp³-hybridized carbons (Fsp3) is 0.300. The maximum absolute atomic E-state index is 12.4. The maximum Gasteiger partial charge on any atom is 0.258 e. The Balaban J connectivity index is 1.59. The Labute approximate surface area is 158 Å². The van der Waals surface area contributed by atoms with E-state index in [1.54, 1.807) is 26.5 Å². The van der Waals surface area contributed by atoms with Crippen LogP contribution in [0.15, 0.2) is 47.6 Å². The van der Waals surface area contributed by atoms with Gasteiger partial charge in [-0.2, -0.15) is 5.10 Å². The number of amides is 1. The third kappa shape index (κ3) is 4.45. The highest BCUT2D eigenvalue weighted by Gasteiger charge is 2.29. The van der Waals surface area contributed by atoms with Crippen LogP contribution < -0.4 is 25.8 Å². The third-order valence-corrected chi connectivity index (χ3v) is 4.51.